The van der Waals surface area contributed by atoms with Crippen LogP contribution in [0, 0.1) is 5.92 Å². The van der Waals surface area contributed by atoms with Gasteiger partial charge in [0.15, 0.2) is 0 Å². The van der Waals surface area contributed by atoms with E-state index >= 15 is 0 Å². The van der Waals surface area contributed by atoms with E-state index in [1.54, 1.807) is 4.90 Å². The van der Waals surface area contributed by atoms with Gasteiger partial charge >= 0.3 is 6.18 Å². The Bertz CT molecular complexity index is 499. The average Bonchev–Trinajstić information content (AvgIpc) is 2.74. The molecule has 0 bridgehead atoms. The predicted octanol–water partition coefficient (Wildman–Crippen LogP) is 2.77. The van der Waals surface area contributed by atoms with Gasteiger partial charge < -0.3 is 10.6 Å². The molecule has 1 amide bonds. The van der Waals surface area contributed by atoms with Crippen LogP contribution in [0.25, 0.3) is 0 Å². The van der Waals surface area contributed by atoms with E-state index < -0.39 is 11.7 Å². The highest BCUT2D eigenvalue weighted by molar-refractivity contribution is 5.95. The van der Waals surface area contributed by atoms with E-state index in [1.165, 1.54) is 6.07 Å². The van der Waals surface area contributed by atoms with Crippen molar-refractivity contribution in [3.05, 3.63) is 29.3 Å². The number of carbonyl (C=O) groups is 1. The molecule has 0 spiro atoms. The molecule has 1 heterocycles. The largest absolute Gasteiger partial charge is 0.418 e. The maximum Gasteiger partial charge on any atom is 0.418 e. The van der Waals surface area contributed by atoms with Crippen molar-refractivity contribution < 1.29 is 18.0 Å². The van der Waals surface area contributed by atoms with E-state index in [0.717, 1.165) is 18.6 Å². The van der Waals surface area contributed by atoms with Crippen molar-refractivity contribution in [3.8, 4) is 0 Å². The standard InChI is InChI=1S/C13H15F3N2O/c1-8-4-5-18(7-8)12(19)9-2-3-11(17)10(6-9)13(14,15)16/h2-3,6,8H,4-5,7,17H2,1H3. The first-order chi connectivity index (χ1) is 8.79. The Morgan fingerprint density at radius 2 is 2.11 bits per heavy atom. The summed E-state index contributed by atoms with van der Waals surface area (Å²) < 4.78 is 38.2. The number of carbonyl (C=O) groups excluding carboxylic acids is 1. The van der Waals surface area contributed by atoms with Crippen LogP contribution in [0.3, 0.4) is 0 Å². The van der Waals surface area contributed by atoms with Crippen LogP contribution in [0.5, 0.6) is 0 Å². The molecule has 0 radical (unpaired) electrons. The van der Waals surface area contributed by atoms with E-state index in [2.05, 4.69) is 0 Å². The smallest absolute Gasteiger partial charge is 0.398 e. The lowest BCUT2D eigenvalue weighted by Gasteiger charge is -2.17. The van der Waals surface area contributed by atoms with Crippen molar-refractivity contribution in [1.29, 1.82) is 0 Å². The summed E-state index contributed by atoms with van der Waals surface area (Å²) in [6, 6.07) is 3.31. The highest BCUT2D eigenvalue weighted by Crippen LogP contribution is 2.34. The molecule has 0 aliphatic carbocycles. The number of likely N-dealkylation sites (tertiary alicyclic amines) is 1. The van der Waals surface area contributed by atoms with Gasteiger partial charge in [0.25, 0.3) is 5.91 Å². The number of nitrogen functional groups attached to an aromatic ring is 1. The van der Waals surface area contributed by atoms with Gasteiger partial charge in [-0.1, -0.05) is 6.92 Å². The van der Waals surface area contributed by atoms with E-state index in [-0.39, 0.29) is 17.2 Å². The lowest BCUT2D eigenvalue weighted by Crippen LogP contribution is -2.28. The normalized spacial score (nSPS) is 19.8. The van der Waals surface area contributed by atoms with Gasteiger partial charge in [-0.3, -0.25) is 4.79 Å². The van der Waals surface area contributed by atoms with Crippen molar-refractivity contribution in [2.45, 2.75) is 19.5 Å². The van der Waals surface area contributed by atoms with Crippen LogP contribution in [0.4, 0.5) is 18.9 Å². The number of rotatable bonds is 1. The first kappa shape index (κ1) is 13.7. The minimum absolute atomic E-state index is 0.0376. The monoisotopic (exact) mass is 272 g/mol. The topological polar surface area (TPSA) is 46.3 Å². The molecule has 1 aliphatic rings. The summed E-state index contributed by atoms with van der Waals surface area (Å²) in [6.45, 7) is 3.19. The number of anilines is 1. The summed E-state index contributed by atoms with van der Waals surface area (Å²) in [5.41, 5.74) is 4.03. The maximum atomic E-state index is 12.7. The van der Waals surface area contributed by atoms with Crippen LogP contribution in [-0.4, -0.2) is 23.9 Å². The van der Waals surface area contributed by atoms with Gasteiger partial charge in [0.05, 0.1) is 5.56 Å². The first-order valence-electron chi connectivity index (χ1n) is 6.05. The molecule has 2 N–H and O–H groups in total. The molecule has 6 heteroatoms. The third-order valence-corrected chi connectivity index (χ3v) is 3.32. The maximum absolute atomic E-state index is 12.7. The number of hydrogen-bond donors (Lipinski definition) is 1. The second-order valence-corrected chi connectivity index (χ2v) is 4.94. The molecular formula is C13H15F3N2O. The molecule has 1 aromatic carbocycles. The van der Waals surface area contributed by atoms with Gasteiger partial charge in [0.2, 0.25) is 0 Å². The van der Waals surface area contributed by atoms with E-state index in [0.29, 0.717) is 19.0 Å². The van der Waals surface area contributed by atoms with Gasteiger partial charge in [0.1, 0.15) is 0 Å². The summed E-state index contributed by atoms with van der Waals surface area (Å²) in [6.07, 6.45) is -3.66. The van der Waals surface area contributed by atoms with Gasteiger partial charge in [-0.15, -0.1) is 0 Å². The Hall–Kier alpha value is -1.72. The summed E-state index contributed by atoms with van der Waals surface area (Å²) in [7, 11) is 0. The highest BCUT2D eigenvalue weighted by Gasteiger charge is 2.34. The minimum Gasteiger partial charge on any atom is -0.398 e. The minimum atomic E-state index is -4.54. The second kappa shape index (κ2) is 4.75. The quantitative estimate of drug-likeness (QED) is 0.799. The molecule has 1 unspecified atom stereocenters. The fraction of sp³-hybridized carbons (Fsp3) is 0.462. The molecule has 1 fully saturated rings. The number of benzene rings is 1. The molecule has 1 saturated heterocycles. The van der Waals surface area contributed by atoms with Crippen LogP contribution in [0.15, 0.2) is 18.2 Å². The molecule has 1 atom stereocenters. The summed E-state index contributed by atoms with van der Waals surface area (Å²) in [4.78, 5) is 13.7. The van der Waals surface area contributed by atoms with Gasteiger partial charge in [0, 0.05) is 24.3 Å². The molecule has 19 heavy (non-hydrogen) atoms. The molecule has 2 rings (SSSR count). The van der Waals surface area contributed by atoms with Gasteiger partial charge in [-0.25, -0.2) is 0 Å². The summed E-state index contributed by atoms with van der Waals surface area (Å²) in [5, 5.41) is 0. The zero-order chi connectivity index (χ0) is 14.2. The number of halogens is 3. The Labute approximate surface area is 109 Å². The van der Waals surface area contributed by atoms with Crippen molar-refractivity contribution in [2.75, 3.05) is 18.8 Å². The van der Waals surface area contributed by atoms with E-state index in [9.17, 15) is 18.0 Å². The lowest BCUT2D eigenvalue weighted by atomic mass is 10.1. The number of hydrogen-bond acceptors (Lipinski definition) is 2. The Kier molecular flexibility index (Phi) is 3.43. The molecule has 104 valence electrons. The van der Waals surface area contributed by atoms with Crippen molar-refractivity contribution in [3.63, 3.8) is 0 Å². The first-order valence-corrected chi connectivity index (χ1v) is 6.05. The molecular weight excluding hydrogens is 257 g/mol. The van der Waals surface area contributed by atoms with Gasteiger partial charge in [-0.2, -0.15) is 13.2 Å². The fourth-order valence-corrected chi connectivity index (χ4v) is 2.24. The lowest BCUT2D eigenvalue weighted by molar-refractivity contribution is -0.136. The van der Waals surface area contributed by atoms with Crippen LogP contribution in [-0.2, 0) is 6.18 Å². The van der Waals surface area contributed by atoms with Crippen molar-refractivity contribution in [1.82, 2.24) is 4.90 Å². The van der Waals surface area contributed by atoms with E-state index in [1.807, 2.05) is 6.92 Å². The number of nitrogens with zero attached hydrogens (tertiary/aromatic N) is 1. The zero-order valence-corrected chi connectivity index (χ0v) is 10.5. The van der Waals surface area contributed by atoms with E-state index in [4.69, 9.17) is 5.73 Å². The molecule has 3 nitrogen and oxygen atoms in total. The number of nitrogens with two attached hydrogens (primary N) is 1. The Morgan fingerprint density at radius 3 is 2.63 bits per heavy atom. The van der Waals surface area contributed by atoms with Crippen LogP contribution in [0.2, 0.25) is 0 Å². The SMILES string of the molecule is CC1CCN(C(=O)c2ccc(N)c(C(F)(F)F)c2)C1. The van der Waals surface area contributed by atoms with Gasteiger partial charge in [-0.05, 0) is 30.5 Å². The van der Waals surface area contributed by atoms with Crippen molar-refractivity contribution >= 4 is 11.6 Å². The third kappa shape index (κ3) is 2.83. The summed E-state index contributed by atoms with van der Waals surface area (Å²) in [5.74, 6) is 0.0228. The van der Waals surface area contributed by atoms with Crippen LogP contribution >= 0.6 is 0 Å². The van der Waals surface area contributed by atoms with Crippen LogP contribution < -0.4 is 5.73 Å². The average molecular weight is 272 g/mol. The Morgan fingerprint density at radius 1 is 1.42 bits per heavy atom. The number of alkyl halides is 3. The zero-order valence-electron chi connectivity index (χ0n) is 10.5. The molecule has 1 aromatic rings. The highest BCUT2D eigenvalue weighted by atomic mass is 19.4. The van der Waals surface area contributed by atoms with Crippen LogP contribution in [0.1, 0.15) is 29.3 Å². The molecule has 0 saturated carbocycles. The molecule has 1 aliphatic heterocycles. The third-order valence-electron chi connectivity index (χ3n) is 3.32. The molecule has 0 aromatic heterocycles. The number of amides is 1. The fourth-order valence-electron chi connectivity index (χ4n) is 2.24. The second-order valence-electron chi connectivity index (χ2n) is 4.94. The Balaban J connectivity index is 2.28. The van der Waals surface area contributed by atoms with Crippen molar-refractivity contribution in [2.24, 2.45) is 5.92 Å². The summed E-state index contributed by atoms with van der Waals surface area (Å²) >= 11 is 0. The predicted molar refractivity (Wildman–Crippen MR) is 65.5 cm³/mol.